The minimum absolute atomic E-state index is 0.0194. The van der Waals surface area contributed by atoms with Crippen molar-refractivity contribution in [2.75, 3.05) is 17.3 Å². The summed E-state index contributed by atoms with van der Waals surface area (Å²) in [5.41, 5.74) is 3.03. The van der Waals surface area contributed by atoms with Gasteiger partial charge in [0, 0.05) is 12.6 Å². The number of hydrogen-bond acceptors (Lipinski definition) is 5. The molecule has 1 N–H and O–H groups in total. The number of nitrogens with zero attached hydrogens (tertiary/aromatic N) is 3. The van der Waals surface area contributed by atoms with Gasteiger partial charge < -0.3 is 10.1 Å². The van der Waals surface area contributed by atoms with Crippen molar-refractivity contribution in [1.29, 1.82) is 0 Å². The molecule has 0 aliphatic carbocycles. The van der Waals surface area contributed by atoms with Crippen LogP contribution in [-0.4, -0.2) is 28.5 Å². The third-order valence-corrected chi connectivity index (χ3v) is 5.61. The first-order valence-electron chi connectivity index (χ1n) is 11.1. The standard InChI is InChI=1S/C27H26N4O4/c1-18-8-10-20(11-9-18)16-30(19(2)32)26-27(34)31(24-7-5-4-6-23(24)29-26)17-25(33)28-21-12-14-22(35-3)15-13-21/h4-15H,16-17H2,1-3H3,(H,28,33). The number of ether oxygens (including phenoxy) is 1. The third-order valence-electron chi connectivity index (χ3n) is 5.61. The van der Waals surface area contributed by atoms with Crippen molar-refractivity contribution < 1.29 is 14.3 Å². The first-order valence-corrected chi connectivity index (χ1v) is 11.1. The first kappa shape index (κ1) is 23.7. The fourth-order valence-electron chi connectivity index (χ4n) is 3.74. The van der Waals surface area contributed by atoms with Crippen molar-refractivity contribution in [3.8, 4) is 5.75 Å². The Balaban J connectivity index is 1.70. The average molecular weight is 471 g/mol. The van der Waals surface area contributed by atoms with Crippen LogP contribution < -0.4 is 20.5 Å². The van der Waals surface area contributed by atoms with Crippen molar-refractivity contribution in [2.45, 2.75) is 26.9 Å². The lowest BCUT2D eigenvalue weighted by Crippen LogP contribution is -2.38. The molecule has 35 heavy (non-hydrogen) atoms. The van der Waals surface area contributed by atoms with Gasteiger partial charge in [-0.25, -0.2) is 4.98 Å². The number of carbonyl (C=O) groups excluding carboxylic acids is 2. The van der Waals surface area contributed by atoms with Crippen LogP contribution >= 0.6 is 0 Å². The van der Waals surface area contributed by atoms with Crippen molar-refractivity contribution in [3.63, 3.8) is 0 Å². The molecule has 2 amide bonds. The normalized spacial score (nSPS) is 10.7. The molecule has 0 bridgehead atoms. The number of aryl methyl sites for hydroxylation is 1. The molecule has 4 aromatic rings. The van der Waals surface area contributed by atoms with Crippen molar-refractivity contribution in [1.82, 2.24) is 9.55 Å². The predicted octanol–water partition coefficient (Wildman–Crippen LogP) is 3.91. The molecule has 1 heterocycles. The van der Waals surface area contributed by atoms with Gasteiger partial charge in [0.25, 0.3) is 5.56 Å². The number of aromatic nitrogens is 2. The first-order chi connectivity index (χ1) is 16.9. The molecule has 0 saturated heterocycles. The molecule has 4 rings (SSSR count). The molecule has 0 unspecified atom stereocenters. The highest BCUT2D eigenvalue weighted by molar-refractivity contribution is 5.93. The lowest BCUT2D eigenvalue weighted by atomic mass is 10.1. The second-order valence-electron chi connectivity index (χ2n) is 8.18. The smallest absolute Gasteiger partial charge is 0.294 e. The Bertz CT molecular complexity index is 1430. The third kappa shape index (κ3) is 5.38. The van der Waals surface area contributed by atoms with E-state index in [1.54, 1.807) is 55.6 Å². The molecule has 0 atom stereocenters. The molecule has 0 saturated carbocycles. The fourth-order valence-corrected chi connectivity index (χ4v) is 3.74. The zero-order chi connectivity index (χ0) is 24.9. The molecule has 3 aromatic carbocycles. The molecule has 1 aromatic heterocycles. The highest BCUT2D eigenvalue weighted by Crippen LogP contribution is 2.18. The Kier molecular flexibility index (Phi) is 6.91. The van der Waals surface area contributed by atoms with Crippen molar-refractivity contribution in [3.05, 3.63) is 94.3 Å². The van der Waals surface area contributed by atoms with E-state index < -0.39 is 5.56 Å². The minimum Gasteiger partial charge on any atom is -0.497 e. The van der Waals surface area contributed by atoms with Gasteiger partial charge in [-0.2, -0.15) is 0 Å². The Morgan fingerprint density at radius 3 is 2.34 bits per heavy atom. The summed E-state index contributed by atoms with van der Waals surface area (Å²) >= 11 is 0. The lowest BCUT2D eigenvalue weighted by molar-refractivity contribution is -0.117. The number of carbonyl (C=O) groups is 2. The van der Waals surface area contributed by atoms with Crippen LogP contribution in [0.2, 0.25) is 0 Å². The Hall–Kier alpha value is -4.46. The van der Waals surface area contributed by atoms with E-state index in [2.05, 4.69) is 10.3 Å². The van der Waals surface area contributed by atoms with Gasteiger partial charge in [0.2, 0.25) is 17.6 Å². The molecule has 0 radical (unpaired) electrons. The molecular formula is C27H26N4O4. The minimum atomic E-state index is -0.518. The molecule has 0 aliphatic rings. The van der Waals surface area contributed by atoms with Crippen LogP contribution in [0.25, 0.3) is 11.0 Å². The number of methoxy groups -OCH3 is 1. The van der Waals surface area contributed by atoms with Gasteiger partial charge in [0.05, 0.1) is 24.7 Å². The number of para-hydroxylation sites is 2. The van der Waals surface area contributed by atoms with E-state index in [1.165, 1.54) is 16.4 Å². The largest absolute Gasteiger partial charge is 0.497 e. The van der Waals surface area contributed by atoms with Crippen molar-refractivity contribution in [2.24, 2.45) is 0 Å². The van der Waals surface area contributed by atoms with Gasteiger partial charge in [-0.1, -0.05) is 42.0 Å². The highest BCUT2D eigenvalue weighted by atomic mass is 16.5. The Labute approximate surface area is 202 Å². The maximum absolute atomic E-state index is 13.6. The number of nitrogens with one attached hydrogen (secondary N) is 1. The SMILES string of the molecule is COc1ccc(NC(=O)Cn2c(=O)c(N(Cc3ccc(C)cc3)C(C)=O)nc3ccccc32)cc1. The van der Waals surface area contributed by atoms with Gasteiger partial charge in [0.1, 0.15) is 12.3 Å². The maximum Gasteiger partial charge on any atom is 0.294 e. The summed E-state index contributed by atoms with van der Waals surface area (Å²) in [5, 5.41) is 2.80. The number of hydrogen-bond donors (Lipinski definition) is 1. The Morgan fingerprint density at radius 1 is 1.00 bits per heavy atom. The van der Waals surface area contributed by atoms with E-state index in [0.29, 0.717) is 22.5 Å². The fraction of sp³-hybridized carbons (Fsp3) is 0.185. The second-order valence-corrected chi connectivity index (χ2v) is 8.18. The zero-order valence-corrected chi connectivity index (χ0v) is 19.8. The van der Waals surface area contributed by atoms with E-state index in [0.717, 1.165) is 11.1 Å². The van der Waals surface area contributed by atoms with Crippen molar-refractivity contribution >= 4 is 34.4 Å². The maximum atomic E-state index is 13.6. The van der Waals surface area contributed by atoms with Crippen LogP contribution in [0.1, 0.15) is 18.1 Å². The number of amides is 2. The molecule has 0 aliphatic heterocycles. The van der Waals surface area contributed by atoms with Gasteiger partial charge in [-0.05, 0) is 48.9 Å². The van der Waals surface area contributed by atoms with Gasteiger partial charge >= 0.3 is 0 Å². The number of anilines is 2. The second kappa shape index (κ2) is 10.2. The van der Waals surface area contributed by atoms with Crippen LogP contribution in [0, 0.1) is 6.92 Å². The van der Waals surface area contributed by atoms with Crippen LogP contribution in [0.3, 0.4) is 0 Å². The number of benzene rings is 3. The molecular weight excluding hydrogens is 444 g/mol. The van der Waals surface area contributed by atoms with E-state index in [4.69, 9.17) is 4.74 Å². The molecule has 8 nitrogen and oxygen atoms in total. The summed E-state index contributed by atoms with van der Waals surface area (Å²) in [6, 6.07) is 21.7. The predicted molar refractivity (Wildman–Crippen MR) is 136 cm³/mol. The summed E-state index contributed by atoms with van der Waals surface area (Å²) in [6.07, 6.45) is 0. The molecule has 178 valence electrons. The number of fused-ring (bicyclic) bond motifs is 1. The molecule has 8 heteroatoms. The topological polar surface area (TPSA) is 93.5 Å². The van der Waals surface area contributed by atoms with Gasteiger partial charge in [0.15, 0.2) is 0 Å². The van der Waals surface area contributed by atoms with E-state index in [1.807, 2.05) is 31.2 Å². The summed E-state index contributed by atoms with van der Waals surface area (Å²) in [6.45, 7) is 3.32. The summed E-state index contributed by atoms with van der Waals surface area (Å²) < 4.78 is 6.49. The van der Waals surface area contributed by atoms with Crippen LogP contribution in [0.4, 0.5) is 11.5 Å². The van der Waals surface area contributed by atoms with E-state index in [-0.39, 0.29) is 30.7 Å². The quantitative estimate of drug-likeness (QED) is 0.442. The highest BCUT2D eigenvalue weighted by Gasteiger charge is 2.22. The van der Waals surface area contributed by atoms with Crippen LogP contribution in [-0.2, 0) is 22.7 Å². The van der Waals surface area contributed by atoms with Crippen LogP contribution in [0.5, 0.6) is 5.75 Å². The summed E-state index contributed by atoms with van der Waals surface area (Å²) in [4.78, 5) is 44.9. The monoisotopic (exact) mass is 470 g/mol. The number of rotatable bonds is 7. The van der Waals surface area contributed by atoms with Crippen LogP contribution in [0.15, 0.2) is 77.6 Å². The lowest BCUT2D eigenvalue weighted by Gasteiger charge is -2.21. The van der Waals surface area contributed by atoms with E-state index >= 15 is 0 Å². The zero-order valence-electron chi connectivity index (χ0n) is 19.8. The molecule has 0 fully saturated rings. The van der Waals surface area contributed by atoms with E-state index in [9.17, 15) is 14.4 Å². The average Bonchev–Trinajstić information content (AvgIpc) is 2.85. The van der Waals surface area contributed by atoms with Gasteiger partial charge in [-0.15, -0.1) is 0 Å². The van der Waals surface area contributed by atoms with Gasteiger partial charge in [-0.3, -0.25) is 23.9 Å². The molecule has 0 spiro atoms. The Morgan fingerprint density at radius 2 is 1.69 bits per heavy atom. The summed E-state index contributed by atoms with van der Waals surface area (Å²) in [5.74, 6) is -0.0527. The summed E-state index contributed by atoms with van der Waals surface area (Å²) in [7, 11) is 1.56.